The number of aromatic amines is 2. The highest BCUT2D eigenvalue weighted by molar-refractivity contribution is 7.10. The van der Waals surface area contributed by atoms with E-state index in [1.165, 1.54) is 11.3 Å². The maximum atomic E-state index is 12.5. The van der Waals surface area contributed by atoms with E-state index in [1.807, 2.05) is 35.7 Å². The zero-order valence-corrected chi connectivity index (χ0v) is 13.9. The van der Waals surface area contributed by atoms with Gasteiger partial charge in [0, 0.05) is 16.6 Å². The summed E-state index contributed by atoms with van der Waals surface area (Å²) in [5, 5.41) is 2.65. The number of fused-ring (bicyclic) bond motifs is 1. The zero-order chi connectivity index (χ0) is 17.4. The van der Waals surface area contributed by atoms with Crippen LogP contribution in [-0.2, 0) is 24.3 Å². The zero-order valence-electron chi connectivity index (χ0n) is 13.1. The number of rotatable bonds is 3. The molecular weight excluding hydrogens is 340 g/mol. The van der Waals surface area contributed by atoms with Gasteiger partial charge in [0.1, 0.15) is 5.01 Å². The average Bonchev–Trinajstić information content (AvgIpc) is 3.22. The van der Waals surface area contributed by atoms with Crippen molar-refractivity contribution in [3.8, 4) is 11.3 Å². The molecule has 7 nitrogen and oxygen atoms in total. The van der Waals surface area contributed by atoms with Gasteiger partial charge in [0.25, 0.3) is 5.56 Å². The van der Waals surface area contributed by atoms with E-state index in [-0.39, 0.29) is 25.4 Å². The minimum absolute atomic E-state index is 0.120. The molecule has 0 atom stereocenters. The first-order chi connectivity index (χ1) is 12.1. The van der Waals surface area contributed by atoms with E-state index in [2.05, 4.69) is 15.0 Å². The van der Waals surface area contributed by atoms with Gasteiger partial charge in [0.15, 0.2) is 0 Å². The molecule has 0 spiro atoms. The minimum Gasteiger partial charge on any atom is -0.332 e. The summed E-state index contributed by atoms with van der Waals surface area (Å²) >= 11 is 1.44. The number of nitrogens with zero attached hydrogens (tertiary/aromatic N) is 2. The molecule has 1 aliphatic rings. The first-order valence-electron chi connectivity index (χ1n) is 7.72. The van der Waals surface area contributed by atoms with Crippen LogP contribution in [0.1, 0.15) is 16.3 Å². The monoisotopic (exact) mass is 354 g/mol. The first-order valence-corrected chi connectivity index (χ1v) is 8.60. The van der Waals surface area contributed by atoms with Gasteiger partial charge in [0.2, 0.25) is 5.91 Å². The molecule has 2 N–H and O–H groups in total. The van der Waals surface area contributed by atoms with Gasteiger partial charge in [-0.05, 0) is 0 Å². The second-order valence-corrected chi connectivity index (χ2v) is 6.73. The molecule has 1 aliphatic heterocycles. The van der Waals surface area contributed by atoms with Crippen molar-refractivity contribution in [1.82, 2.24) is 19.9 Å². The Labute approximate surface area is 146 Å². The lowest BCUT2D eigenvalue weighted by Crippen LogP contribution is -2.28. The number of aromatic nitrogens is 3. The summed E-state index contributed by atoms with van der Waals surface area (Å²) in [6, 6.07) is 9.77. The summed E-state index contributed by atoms with van der Waals surface area (Å²) in [6.07, 6.45) is 0.174. The number of H-pyrrole nitrogens is 2. The highest BCUT2D eigenvalue weighted by Gasteiger charge is 2.27. The Kier molecular flexibility index (Phi) is 3.81. The molecule has 126 valence electrons. The number of thiazole rings is 1. The molecule has 25 heavy (non-hydrogen) atoms. The molecule has 1 amide bonds. The van der Waals surface area contributed by atoms with E-state index >= 15 is 0 Å². The fraction of sp³-hybridized carbons (Fsp3) is 0.176. The Balaban J connectivity index is 1.49. The normalized spacial score (nSPS) is 13.0. The minimum atomic E-state index is -0.550. The number of hydrogen-bond acceptors (Lipinski definition) is 5. The van der Waals surface area contributed by atoms with Gasteiger partial charge in [-0.2, -0.15) is 0 Å². The predicted molar refractivity (Wildman–Crippen MR) is 93.2 cm³/mol. The highest BCUT2D eigenvalue weighted by atomic mass is 32.1. The van der Waals surface area contributed by atoms with Crippen molar-refractivity contribution in [3.05, 3.63) is 72.8 Å². The number of hydrogen-bond donors (Lipinski definition) is 2. The Bertz CT molecular complexity index is 1050. The average molecular weight is 354 g/mol. The molecule has 3 heterocycles. The second-order valence-electron chi connectivity index (χ2n) is 5.78. The third-order valence-electron chi connectivity index (χ3n) is 4.10. The van der Waals surface area contributed by atoms with Crippen molar-refractivity contribution in [2.75, 3.05) is 0 Å². The molecule has 0 bridgehead atoms. The topological polar surface area (TPSA) is 98.9 Å². The standard InChI is InChI=1S/C17H14N4O3S/c22-15(21-7-11-12(8-21)19-17(24)20-16(11)23)6-14-18-13(9-25-14)10-4-2-1-3-5-10/h1-5,9H,6-8H2,(H2,19,20,23,24). The van der Waals surface area contributed by atoms with Gasteiger partial charge >= 0.3 is 5.69 Å². The third-order valence-corrected chi connectivity index (χ3v) is 4.95. The Morgan fingerprint density at radius 1 is 1.16 bits per heavy atom. The summed E-state index contributed by atoms with van der Waals surface area (Å²) in [4.78, 5) is 46.5. The SMILES string of the molecule is O=C(Cc1nc(-c2ccccc2)cs1)N1Cc2[nH]c(=O)[nH]c(=O)c2C1. The van der Waals surface area contributed by atoms with Crippen LogP contribution in [-0.4, -0.2) is 25.8 Å². The number of carbonyl (C=O) groups is 1. The van der Waals surface area contributed by atoms with Crippen LogP contribution in [0.4, 0.5) is 0 Å². The van der Waals surface area contributed by atoms with E-state index in [4.69, 9.17) is 0 Å². The van der Waals surface area contributed by atoms with Crippen LogP contribution in [0, 0.1) is 0 Å². The molecule has 0 saturated carbocycles. The van der Waals surface area contributed by atoms with Crippen molar-refractivity contribution in [2.24, 2.45) is 0 Å². The van der Waals surface area contributed by atoms with Crippen LogP contribution in [0.2, 0.25) is 0 Å². The van der Waals surface area contributed by atoms with Gasteiger partial charge in [-0.1, -0.05) is 30.3 Å². The van der Waals surface area contributed by atoms with Crippen molar-refractivity contribution >= 4 is 17.2 Å². The molecule has 8 heteroatoms. The molecular formula is C17H14N4O3S. The van der Waals surface area contributed by atoms with E-state index in [0.717, 1.165) is 16.3 Å². The number of benzene rings is 1. The lowest BCUT2D eigenvalue weighted by molar-refractivity contribution is -0.131. The summed E-state index contributed by atoms with van der Waals surface area (Å²) in [6.45, 7) is 0.446. The molecule has 0 saturated heterocycles. The van der Waals surface area contributed by atoms with Crippen molar-refractivity contribution < 1.29 is 4.79 Å². The molecule has 1 aromatic carbocycles. The number of amides is 1. The number of carbonyl (C=O) groups excluding carboxylic acids is 1. The molecule has 0 fully saturated rings. The maximum absolute atomic E-state index is 12.5. The lowest BCUT2D eigenvalue weighted by Gasteiger charge is -2.13. The summed E-state index contributed by atoms with van der Waals surface area (Å²) < 4.78 is 0. The van der Waals surface area contributed by atoms with Crippen LogP contribution < -0.4 is 11.2 Å². The van der Waals surface area contributed by atoms with Gasteiger partial charge in [-0.3, -0.25) is 14.6 Å². The fourth-order valence-corrected chi connectivity index (χ4v) is 3.64. The molecule has 0 radical (unpaired) electrons. The fourth-order valence-electron chi connectivity index (χ4n) is 2.85. The van der Waals surface area contributed by atoms with Crippen LogP contribution in [0.3, 0.4) is 0 Å². The van der Waals surface area contributed by atoms with Crippen LogP contribution in [0.5, 0.6) is 0 Å². The van der Waals surface area contributed by atoms with E-state index < -0.39 is 11.2 Å². The van der Waals surface area contributed by atoms with E-state index in [9.17, 15) is 14.4 Å². The quantitative estimate of drug-likeness (QED) is 0.740. The van der Waals surface area contributed by atoms with Crippen LogP contribution in [0.25, 0.3) is 11.3 Å². The largest absolute Gasteiger partial charge is 0.332 e. The smallest absolute Gasteiger partial charge is 0.325 e. The predicted octanol–water partition coefficient (Wildman–Crippen LogP) is 1.27. The Hall–Kier alpha value is -3.00. The Morgan fingerprint density at radius 2 is 1.96 bits per heavy atom. The summed E-state index contributed by atoms with van der Waals surface area (Å²) in [7, 11) is 0. The van der Waals surface area contributed by atoms with Gasteiger partial charge < -0.3 is 9.88 Å². The van der Waals surface area contributed by atoms with Crippen molar-refractivity contribution in [3.63, 3.8) is 0 Å². The molecule has 4 rings (SSSR count). The Morgan fingerprint density at radius 3 is 2.76 bits per heavy atom. The van der Waals surface area contributed by atoms with E-state index in [1.54, 1.807) is 4.90 Å². The van der Waals surface area contributed by atoms with Gasteiger partial charge in [0.05, 0.1) is 30.8 Å². The van der Waals surface area contributed by atoms with Gasteiger partial charge in [-0.25, -0.2) is 9.78 Å². The summed E-state index contributed by atoms with van der Waals surface area (Å²) in [5.41, 5.74) is 1.82. The second kappa shape index (κ2) is 6.14. The number of nitrogens with one attached hydrogen (secondary N) is 2. The van der Waals surface area contributed by atoms with Crippen LogP contribution in [0.15, 0.2) is 45.3 Å². The molecule has 0 unspecified atom stereocenters. The summed E-state index contributed by atoms with van der Waals surface area (Å²) in [5.74, 6) is -0.120. The first kappa shape index (κ1) is 15.5. The highest BCUT2D eigenvalue weighted by Crippen LogP contribution is 2.23. The van der Waals surface area contributed by atoms with Crippen molar-refractivity contribution in [2.45, 2.75) is 19.5 Å². The molecule has 0 aliphatic carbocycles. The van der Waals surface area contributed by atoms with E-state index in [0.29, 0.717) is 11.3 Å². The maximum Gasteiger partial charge on any atom is 0.325 e. The van der Waals surface area contributed by atoms with Gasteiger partial charge in [-0.15, -0.1) is 11.3 Å². The lowest BCUT2D eigenvalue weighted by atomic mass is 10.2. The van der Waals surface area contributed by atoms with Crippen molar-refractivity contribution in [1.29, 1.82) is 0 Å². The molecule has 2 aromatic heterocycles. The van der Waals surface area contributed by atoms with Crippen LogP contribution >= 0.6 is 11.3 Å². The third kappa shape index (κ3) is 3.03. The molecule has 3 aromatic rings.